The summed E-state index contributed by atoms with van der Waals surface area (Å²) in [5, 5.41) is 15.6. The molecular weight excluding hydrogens is 522 g/mol. The zero-order chi connectivity index (χ0) is 28.5. The monoisotopic (exact) mass is 557 g/mol. The number of imide groups is 2. The molecule has 2 fully saturated rings. The topological polar surface area (TPSA) is 136 Å². The van der Waals surface area contributed by atoms with Gasteiger partial charge in [-0.25, -0.2) is 4.98 Å². The highest BCUT2D eigenvalue weighted by molar-refractivity contribution is 6.23. The number of pyridine rings is 1. The highest BCUT2D eigenvalue weighted by atomic mass is 16.2. The minimum Gasteiger partial charge on any atom is -0.385 e. The molecule has 1 aliphatic carbocycles. The molecule has 1 aromatic carbocycles. The van der Waals surface area contributed by atoms with Gasteiger partial charge < -0.3 is 10.6 Å². The number of nitrogens with one attached hydrogen (secondary N) is 3. The molecular formula is C30H35N7O4. The molecule has 4 heterocycles. The van der Waals surface area contributed by atoms with E-state index in [1.54, 1.807) is 18.2 Å². The molecule has 1 saturated heterocycles. The molecule has 3 N–H and O–H groups in total. The first-order chi connectivity index (χ1) is 19.9. The van der Waals surface area contributed by atoms with Gasteiger partial charge in [-0.05, 0) is 61.9 Å². The molecule has 41 heavy (non-hydrogen) atoms. The fourth-order valence-corrected chi connectivity index (χ4v) is 6.22. The molecule has 214 valence electrons. The number of piperidine rings is 1. The largest absolute Gasteiger partial charge is 0.385 e. The molecule has 3 aliphatic heterocycles. The van der Waals surface area contributed by atoms with E-state index in [2.05, 4.69) is 37.1 Å². The van der Waals surface area contributed by atoms with Crippen molar-refractivity contribution in [1.29, 1.82) is 0 Å². The van der Waals surface area contributed by atoms with Crippen LogP contribution in [0.15, 0.2) is 41.5 Å². The van der Waals surface area contributed by atoms with Crippen molar-refractivity contribution < 1.29 is 19.2 Å². The number of unbranched alkanes of at least 4 members (excludes halogenated alkanes) is 1. The quantitative estimate of drug-likeness (QED) is 0.300. The molecule has 2 atom stereocenters. The smallest absolute Gasteiger partial charge is 0.262 e. The Bertz CT molecular complexity index is 1400. The van der Waals surface area contributed by atoms with E-state index in [4.69, 9.17) is 0 Å². The van der Waals surface area contributed by atoms with Crippen molar-refractivity contribution >= 4 is 41.3 Å². The summed E-state index contributed by atoms with van der Waals surface area (Å²) in [6.45, 7) is 1.66. The van der Waals surface area contributed by atoms with E-state index in [0.717, 1.165) is 53.9 Å². The van der Waals surface area contributed by atoms with Crippen LogP contribution < -0.4 is 16.0 Å². The second-order valence-corrected chi connectivity index (χ2v) is 11.3. The normalized spacial score (nSPS) is 25.3. The first kappa shape index (κ1) is 26.9. The van der Waals surface area contributed by atoms with Crippen molar-refractivity contribution in [2.45, 2.75) is 62.9 Å². The van der Waals surface area contributed by atoms with Crippen LogP contribution in [0.1, 0.15) is 77.3 Å². The Balaban J connectivity index is 0.912. The number of rotatable bonds is 10. The Morgan fingerprint density at radius 1 is 1.02 bits per heavy atom. The third-order valence-corrected chi connectivity index (χ3v) is 8.63. The third-order valence-electron chi connectivity index (χ3n) is 8.63. The van der Waals surface area contributed by atoms with Gasteiger partial charge in [0, 0.05) is 44.5 Å². The maximum Gasteiger partial charge on any atom is 0.262 e. The van der Waals surface area contributed by atoms with Gasteiger partial charge in [0.2, 0.25) is 11.8 Å². The summed E-state index contributed by atoms with van der Waals surface area (Å²) in [4.78, 5) is 55.2. The lowest BCUT2D eigenvalue weighted by molar-refractivity contribution is -0.136. The number of fused-ring (bicyclic) bond motifs is 1. The lowest BCUT2D eigenvalue weighted by atomic mass is 9.77. The van der Waals surface area contributed by atoms with Crippen LogP contribution in [0.25, 0.3) is 0 Å². The Morgan fingerprint density at radius 3 is 2.66 bits per heavy atom. The van der Waals surface area contributed by atoms with Gasteiger partial charge in [-0.3, -0.25) is 34.4 Å². The highest BCUT2D eigenvalue weighted by Crippen LogP contribution is 2.38. The molecule has 2 unspecified atom stereocenters. The SMILES string of the molecule is CNc1cccc(C2C=NN(C3CC(CCCCNc4ccc5c(c4)C(=O)N(C4CCC(=O)NC4=O)C5=O)C3)C2)n1. The van der Waals surface area contributed by atoms with E-state index >= 15 is 0 Å². The molecule has 11 nitrogen and oxygen atoms in total. The number of hydrogen-bond acceptors (Lipinski definition) is 9. The van der Waals surface area contributed by atoms with Gasteiger partial charge in [0.25, 0.3) is 11.8 Å². The second-order valence-electron chi connectivity index (χ2n) is 11.3. The van der Waals surface area contributed by atoms with Gasteiger partial charge in [0.05, 0.1) is 22.7 Å². The fourth-order valence-electron chi connectivity index (χ4n) is 6.22. The van der Waals surface area contributed by atoms with Gasteiger partial charge >= 0.3 is 0 Å². The summed E-state index contributed by atoms with van der Waals surface area (Å²) < 4.78 is 0. The summed E-state index contributed by atoms with van der Waals surface area (Å²) in [5.41, 5.74) is 2.41. The number of hydrazone groups is 1. The van der Waals surface area contributed by atoms with Gasteiger partial charge in [-0.2, -0.15) is 5.10 Å². The predicted molar refractivity (Wildman–Crippen MR) is 154 cm³/mol. The molecule has 0 spiro atoms. The van der Waals surface area contributed by atoms with Gasteiger partial charge in [0.15, 0.2) is 0 Å². The van der Waals surface area contributed by atoms with Crippen molar-refractivity contribution in [1.82, 2.24) is 20.2 Å². The summed E-state index contributed by atoms with van der Waals surface area (Å²) in [5.74, 6) is -0.117. The molecule has 6 rings (SSSR count). The van der Waals surface area contributed by atoms with E-state index in [1.165, 1.54) is 19.3 Å². The lowest BCUT2D eigenvalue weighted by Gasteiger charge is -2.40. The van der Waals surface area contributed by atoms with E-state index in [-0.39, 0.29) is 24.7 Å². The van der Waals surface area contributed by atoms with E-state index < -0.39 is 23.8 Å². The summed E-state index contributed by atoms with van der Waals surface area (Å²) in [7, 11) is 1.88. The minimum absolute atomic E-state index is 0.106. The number of aromatic nitrogens is 1. The van der Waals surface area contributed by atoms with Gasteiger partial charge in [0.1, 0.15) is 11.9 Å². The minimum atomic E-state index is -0.950. The van der Waals surface area contributed by atoms with Crippen molar-refractivity contribution in [3.05, 3.63) is 53.2 Å². The average molecular weight is 558 g/mol. The summed E-state index contributed by atoms with van der Waals surface area (Å²) in [6.07, 6.45) is 7.93. The summed E-state index contributed by atoms with van der Waals surface area (Å²) >= 11 is 0. The lowest BCUT2D eigenvalue weighted by Crippen LogP contribution is -2.54. The Kier molecular flexibility index (Phi) is 7.42. The van der Waals surface area contributed by atoms with Crippen LogP contribution in [0.3, 0.4) is 0 Å². The molecule has 2 aromatic rings. The van der Waals surface area contributed by atoms with E-state index in [1.807, 2.05) is 25.4 Å². The van der Waals surface area contributed by atoms with E-state index in [0.29, 0.717) is 17.2 Å². The number of carbonyl (C=O) groups is 4. The van der Waals surface area contributed by atoms with Gasteiger partial charge in [-0.1, -0.05) is 18.9 Å². The standard InChI is InChI=1S/C30H35N7O4/c1-31-26-7-4-6-24(34-26)19-16-33-36(17-19)21-13-18(14-21)5-2-3-12-32-20-8-9-22-23(15-20)30(41)37(29(22)40)25-10-11-27(38)35-28(25)39/h4,6-9,15-16,18-19,21,25,32H,2-3,5,10-14,17H2,1H3,(H,31,34)(H,35,38,39). The Morgan fingerprint density at radius 2 is 1.85 bits per heavy atom. The first-order valence-corrected chi connectivity index (χ1v) is 14.5. The first-order valence-electron chi connectivity index (χ1n) is 14.5. The second kappa shape index (κ2) is 11.3. The number of anilines is 2. The molecule has 1 saturated carbocycles. The van der Waals surface area contributed by atoms with Crippen molar-refractivity contribution in [3.63, 3.8) is 0 Å². The number of hydrogen-bond donors (Lipinski definition) is 3. The van der Waals surface area contributed by atoms with Crippen LogP contribution in [-0.2, 0) is 9.59 Å². The molecule has 1 aromatic heterocycles. The van der Waals surface area contributed by atoms with Crippen molar-refractivity contribution in [3.8, 4) is 0 Å². The molecule has 4 amide bonds. The summed E-state index contributed by atoms with van der Waals surface area (Å²) in [6, 6.07) is 10.7. The molecule has 11 heteroatoms. The third kappa shape index (κ3) is 5.40. The van der Waals surface area contributed by atoms with Crippen LogP contribution in [0, 0.1) is 5.92 Å². The van der Waals surface area contributed by atoms with Crippen LogP contribution in [-0.4, -0.2) is 77.0 Å². The Hall–Kier alpha value is -4.28. The van der Waals surface area contributed by atoms with Crippen molar-refractivity contribution in [2.24, 2.45) is 11.0 Å². The van der Waals surface area contributed by atoms with Crippen LogP contribution in [0.5, 0.6) is 0 Å². The predicted octanol–water partition coefficient (Wildman–Crippen LogP) is 2.97. The highest BCUT2D eigenvalue weighted by Gasteiger charge is 2.44. The zero-order valence-electron chi connectivity index (χ0n) is 23.1. The zero-order valence-corrected chi connectivity index (χ0v) is 23.1. The number of carbonyl (C=O) groups excluding carboxylic acids is 4. The van der Waals surface area contributed by atoms with Crippen LogP contribution in [0.4, 0.5) is 11.5 Å². The molecule has 0 bridgehead atoms. The van der Waals surface area contributed by atoms with Crippen molar-refractivity contribution in [2.75, 3.05) is 30.8 Å². The van der Waals surface area contributed by atoms with Crippen LogP contribution in [0.2, 0.25) is 0 Å². The average Bonchev–Trinajstić information content (AvgIpc) is 3.53. The number of nitrogens with zero attached hydrogens (tertiary/aromatic N) is 4. The Labute approximate surface area is 238 Å². The molecule has 4 aliphatic rings. The van der Waals surface area contributed by atoms with E-state index in [9.17, 15) is 19.2 Å². The maximum absolute atomic E-state index is 13.0. The maximum atomic E-state index is 13.0. The van der Waals surface area contributed by atoms with Crippen LogP contribution >= 0.6 is 0 Å². The molecule has 0 radical (unpaired) electrons. The number of amides is 4. The van der Waals surface area contributed by atoms with Gasteiger partial charge in [-0.15, -0.1) is 0 Å². The fraction of sp³-hybridized carbons (Fsp3) is 0.467. The number of benzene rings is 1.